The molecule has 0 saturated heterocycles. The molecular weight excluding hydrogens is 263 g/mol. The lowest BCUT2D eigenvalue weighted by Crippen LogP contribution is -2.41. The van der Waals surface area contributed by atoms with Gasteiger partial charge in [-0.05, 0) is 45.2 Å². The molecule has 1 aromatic rings. The van der Waals surface area contributed by atoms with Crippen molar-refractivity contribution in [1.82, 2.24) is 9.71 Å². The average Bonchev–Trinajstić information content (AvgIpc) is 2.26. The van der Waals surface area contributed by atoms with Gasteiger partial charge in [0.25, 0.3) is 0 Å². The molecule has 108 valence electrons. The van der Waals surface area contributed by atoms with Crippen LogP contribution in [-0.2, 0) is 11.4 Å². The molecule has 2 atom stereocenters. The molecule has 0 aliphatic carbocycles. The van der Waals surface area contributed by atoms with E-state index in [4.69, 9.17) is 0 Å². The van der Waals surface area contributed by atoms with Crippen LogP contribution < -0.4 is 4.72 Å². The highest BCUT2D eigenvalue weighted by Crippen LogP contribution is 2.24. The van der Waals surface area contributed by atoms with E-state index in [1.54, 1.807) is 12.1 Å². The molecule has 0 bridgehead atoms. The van der Waals surface area contributed by atoms with Gasteiger partial charge in [-0.15, -0.1) is 4.72 Å². The molecule has 1 N–H and O–H groups in total. The Kier molecular flexibility index (Phi) is 5.77. The maximum Gasteiger partial charge on any atom is 0.213 e. The molecule has 0 aliphatic heterocycles. The number of hydrogen-bond donors (Lipinski definition) is 1. The summed E-state index contributed by atoms with van der Waals surface area (Å²) in [5.41, 5.74) is 0.603. The Morgan fingerprint density at radius 2 is 2.00 bits per heavy atom. The second kappa shape index (κ2) is 6.68. The zero-order valence-electron chi connectivity index (χ0n) is 12.2. The van der Waals surface area contributed by atoms with E-state index < -0.39 is 17.3 Å². The molecule has 0 aliphatic rings. The van der Waals surface area contributed by atoms with Crippen molar-refractivity contribution in [3.05, 3.63) is 29.8 Å². The second-order valence-electron chi connectivity index (χ2n) is 6.07. The fourth-order valence-corrected chi connectivity index (χ4v) is 2.45. The SMILES string of the molecule is CC(C)CC(N[S+]([O-])C(C)(C)C)c1cccc(F)n1. The van der Waals surface area contributed by atoms with Crippen molar-refractivity contribution in [3.8, 4) is 0 Å². The van der Waals surface area contributed by atoms with Crippen LogP contribution in [0.3, 0.4) is 0 Å². The number of pyridine rings is 1. The monoisotopic (exact) mass is 286 g/mol. The standard InChI is InChI=1S/C14H23FN2OS/c1-10(2)9-12(17-19(18)14(3,4)5)11-7-6-8-13(15)16-11/h6-8,10,12,17H,9H2,1-5H3. The van der Waals surface area contributed by atoms with Crippen LogP contribution in [0.1, 0.15) is 52.8 Å². The van der Waals surface area contributed by atoms with Crippen molar-refractivity contribution in [2.75, 3.05) is 0 Å². The smallest absolute Gasteiger partial charge is 0.213 e. The predicted octanol–water partition coefficient (Wildman–Crippen LogP) is 3.36. The van der Waals surface area contributed by atoms with Crippen LogP contribution >= 0.6 is 0 Å². The van der Waals surface area contributed by atoms with E-state index in [0.717, 1.165) is 6.42 Å². The Labute approximate surface area is 118 Å². The third-order valence-corrected chi connectivity index (χ3v) is 4.22. The summed E-state index contributed by atoms with van der Waals surface area (Å²) in [5, 5.41) is 0. The number of aromatic nitrogens is 1. The summed E-state index contributed by atoms with van der Waals surface area (Å²) in [6.07, 6.45) is 0.762. The van der Waals surface area contributed by atoms with E-state index in [1.807, 2.05) is 20.8 Å². The van der Waals surface area contributed by atoms with Gasteiger partial charge in [0.05, 0.1) is 11.7 Å². The van der Waals surface area contributed by atoms with Crippen molar-refractivity contribution < 1.29 is 8.94 Å². The molecule has 1 aromatic heterocycles. The van der Waals surface area contributed by atoms with E-state index in [1.165, 1.54) is 6.07 Å². The van der Waals surface area contributed by atoms with Gasteiger partial charge in [0, 0.05) is 11.4 Å². The number of halogens is 1. The van der Waals surface area contributed by atoms with E-state index in [-0.39, 0.29) is 10.8 Å². The van der Waals surface area contributed by atoms with Crippen LogP contribution in [0.15, 0.2) is 18.2 Å². The van der Waals surface area contributed by atoms with E-state index in [0.29, 0.717) is 11.6 Å². The Morgan fingerprint density at radius 1 is 1.37 bits per heavy atom. The maximum absolute atomic E-state index is 13.2. The average molecular weight is 286 g/mol. The maximum atomic E-state index is 13.2. The molecular formula is C14H23FN2OS. The molecule has 3 nitrogen and oxygen atoms in total. The molecule has 5 heteroatoms. The quantitative estimate of drug-likeness (QED) is 0.667. The van der Waals surface area contributed by atoms with Crippen molar-refractivity contribution >= 4 is 11.4 Å². The minimum absolute atomic E-state index is 0.198. The van der Waals surface area contributed by atoms with Gasteiger partial charge in [0.1, 0.15) is 4.75 Å². The highest BCUT2D eigenvalue weighted by atomic mass is 32.2. The Bertz CT molecular complexity index is 407. The van der Waals surface area contributed by atoms with Crippen LogP contribution in [0.2, 0.25) is 0 Å². The first-order chi connectivity index (χ1) is 8.70. The van der Waals surface area contributed by atoms with Gasteiger partial charge in [-0.2, -0.15) is 4.39 Å². The van der Waals surface area contributed by atoms with Gasteiger partial charge in [-0.3, -0.25) is 0 Å². The minimum atomic E-state index is -1.20. The van der Waals surface area contributed by atoms with E-state index in [9.17, 15) is 8.94 Å². The van der Waals surface area contributed by atoms with Gasteiger partial charge in [0.2, 0.25) is 5.95 Å². The molecule has 0 aromatic carbocycles. The lowest BCUT2D eigenvalue weighted by atomic mass is 10.0. The molecule has 1 heterocycles. The fourth-order valence-electron chi connectivity index (χ4n) is 1.62. The summed E-state index contributed by atoms with van der Waals surface area (Å²) in [4.78, 5) is 3.90. The van der Waals surface area contributed by atoms with Gasteiger partial charge in [-0.25, -0.2) is 4.98 Å². The van der Waals surface area contributed by atoms with Crippen molar-refractivity contribution in [2.24, 2.45) is 5.92 Å². The largest absolute Gasteiger partial charge is 0.598 e. The van der Waals surface area contributed by atoms with Crippen LogP contribution in [0.4, 0.5) is 4.39 Å². The Balaban J connectivity index is 2.89. The van der Waals surface area contributed by atoms with Crippen LogP contribution in [-0.4, -0.2) is 14.3 Å². The topological polar surface area (TPSA) is 48.0 Å². The fraction of sp³-hybridized carbons (Fsp3) is 0.643. The van der Waals surface area contributed by atoms with Gasteiger partial charge in [-0.1, -0.05) is 19.9 Å². The van der Waals surface area contributed by atoms with Crippen LogP contribution in [0.25, 0.3) is 0 Å². The molecule has 19 heavy (non-hydrogen) atoms. The lowest BCUT2D eigenvalue weighted by molar-refractivity contribution is 0.449. The first-order valence-electron chi connectivity index (χ1n) is 6.50. The summed E-state index contributed by atoms with van der Waals surface area (Å²) >= 11 is -1.20. The molecule has 0 spiro atoms. The molecule has 1 rings (SSSR count). The van der Waals surface area contributed by atoms with Crippen LogP contribution in [0.5, 0.6) is 0 Å². The first kappa shape index (κ1) is 16.4. The molecule has 0 saturated carbocycles. The normalized spacial score (nSPS) is 15.6. The van der Waals surface area contributed by atoms with Gasteiger partial charge < -0.3 is 4.55 Å². The number of hydrogen-bond acceptors (Lipinski definition) is 3. The van der Waals surface area contributed by atoms with Gasteiger partial charge >= 0.3 is 0 Å². The summed E-state index contributed by atoms with van der Waals surface area (Å²) in [5.74, 6) is -0.103. The van der Waals surface area contributed by atoms with Crippen molar-refractivity contribution in [2.45, 2.75) is 51.8 Å². The minimum Gasteiger partial charge on any atom is -0.598 e. The molecule has 2 unspecified atom stereocenters. The summed E-state index contributed by atoms with van der Waals surface area (Å²) in [6.45, 7) is 9.87. The summed E-state index contributed by atoms with van der Waals surface area (Å²) < 4.78 is 28.1. The molecule has 0 fully saturated rings. The Morgan fingerprint density at radius 3 is 2.47 bits per heavy atom. The van der Waals surface area contributed by atoms with E-state index >= 15 is 0 Å². The predicted molar refractivity (Wildman–Crippen MR) is 77.4 cm³/mol. The summed E-state index contributed by atoms with van der Waals surface area (Å²) in [6, 6.07) is 4.52. The number of nitrogens with one attached hydrogen (secondary N) is 1. The van der Waals surface area contributed by atoms with E-state index in [2.05, 4.69) is 23.6 Å². The lowest BCUT2D eigenvalue weighted by Gasteiger charge is -2.28. The molecule has 0 radical (unpaired) electrons. The third-order valence-electron chi connectivity index (χ3n) is 2.61. The van der Waals surface area contributed by atoms with Crippen molar-refractivity contribution in [3.63, 3.8) is 0 Å². The van der Waals surface area contributed by atoms with Gasteiger partial charge in [0.15, 0.2) is 0 Å². The highest BCUT2D eigenvalue weighted by Gasteiger charge is 2.30. The third kappa shape index (κ3) is 5.47. The molecule has 0 amide bonds. The number of rotatable bonds is 5. The van der Waals surface area contributed by atoms with Crippen molar-refractivity contribution in [1.29, 1.82) is 0 Å². The zero-order chi connectivity index (χ0) is 14.6. The summed E-state index contributed by atoms with van der Waals surface area (Å²) in [7, 11) is 0. The Hall–Kier alpha value is -0.650. The highest BCUT2D eigenvalue weighted by molar-refractivity contribution is 7.90. The number of nitrogens with zero attached hydrogens (tertiary/aromatic N) is 1. The zero-order valence-corrected chi connectivity index (χ0v) is 13.1. The van der Waals surface area contributed by atoms with Crippen LogP contribution in [0, 0.1) is 11.9 Å². The second-order valence-corrected chi connectivity index (χ2v) is 8.06. The first-order valence-corrected chi connectivity index (χ1v) is 7.65.